The number of hydrogen-bond acceptors (Lipinski definition) is 8. The second-order valence-electron chi connectivity index (χ2n) is 6.23. The van der Waals surface area contributed by atoms with Crippen molar-refractivity contribution in [1.82, 2.24) is 5.32 Å². The quantitative estimate of drug-likeness (QED) is 0.319. The molecule has 12 heteroatoms. The normalized spacial score (nSPS) is 15.4. The molecule has 1 aliphatic heterocycles. The van der Waals surface area contributed by atoms with Gasteiger partial charge in [0.05, 0.1) is 5.75 Å². The van der Waals surface area contributed by atoms with Crippen LogP contribution in [0.4, 0.5) is 0 Å². The summed E-state index contributed by atoms with van der Waals surface area (Å²) in [5, 5.41) is 7.67. The average molecular weight is 412 g/mol. The van der Waals surface area contributed by atoms with Crippen LogP contribution in [-0.4, -0.2) is 52.2 Å². The van der Waals surface area contributed by atoms with E-state index in [2.05, 4.69) is 10.1 Å². The summed E-state index contributed by atoms with van der Waals surface area (Å²) in [6.07, 6.45) is 0.594. The van der Waals surface area contributed by atoms with E-state index in [1.165, 1.54) is 13.0 Å². The number of rotatable bonds is 8. The number of carbonyl (C=O) groups excluding carboxylic acids is 3. The molecule has 1 atom stereocenters. The molecule has 1 heterocycles. The zero-order valence-corrected chi connectivity index (χ0v) is 16.1. The number of benzene rings is 1. The molecule has 0 radical (unpaired) electrons. The van der Waals surface area contributed by atoms with E-state index in [1.807, 2.05) is 0 Å². The summed E-state index contributed by atoms with van der Waals surface area (Å²) in [6, 6.07) is 4.94. The molecule has 0 bridgehead atoms. The lowest BCUT2D eigenvalue weighted by Crippen LogP contribution is -2.45. The molecule has 0 saturated carbocycles. The van der Waals surface area contributed by atoms with E-state index >= 15 is 0 Å². The Bertz CT molecular complexity index is 858. The van der Waals surface area contributed by atoms with Gasteiger partial charge in [-0.3, -0.25) is 9.59 Å². The van der Waals surface area contributed by atoms with Gasteiger partial charge in [0, 0.05) is 19.3 Å². The lowest BCUT2D eigenvalue weighted by molar-refractivity contribution is -0.149. The smallest absolute Gasteiger partial charge is 0.363 e. The van der Waals surface area contributed by atoms with Crippen LogP contribution in [-0.2, 0) is 35.5 Å². The first-order valence-corrected chi connectivity index (χ1v) is 10.2. The van der Waals surface area contributed by atoms with E-state index in [1.54, 1.807) is 12.1 Å². The molecule has 0 aliphatic carbocycles. The molecule has 0 saturated heterocycles. The Hall–Kier alpha value is -2.60. The van der Waals surface area contributed by atoms with Crippen molar-refractivity contribution in [3.05, 3.63) is 29.3 Å². The summed E-state index contributed by atoms with van der Waals surface area (Å²) in [4.78, 5) is 34.8. The summed E-state index contributed by atoms with van der Waals surface area (Å²) in [7, 11) is -3.45. The number of para-hydroxylation sites is 1. The first kappa shape index (κ1) is 21.7. The van der Waals surface area contributed by atoms with Gasteiger partial charge in [-0.1, -0.05) is 12.1 Å². The molecule has 28 heavy (non-hydrogen) atoms. The van der Waals surface area contributed by atoms with Crippen LogP contribution in [0.1, 0.15) is 35.7 Å². The zero-order chi connectivity index (χ0) is 20.7. The number of sulfonamides is 1. The Morgan fingerprint density at radius 2 is 2.07 bits per heavy atom. The Kier molecular flexibility index (Phi) is 7.41. The summed E-state index contributed by atoms with van der Waals surface area (Å²) in [5.41, 5.74) is 0.908. The van der Waals surface area contributed by atoms with Crippen molar-refractivity contribution < 1.29 is 36.9 Å². The second-order valence-corrected chi connectivity index (χ2v) is 7.96. The van der Waals surface area contributed by atoms with E-state index in [9.17, 15) is 22.8 Å². The minimum atomic E-state index is -3.59. The van der Waals surface area contributed by atoms with Crippen LogP contribution in [0.5, 0.6) is 5.75 Å². The summed E-state index contributed by atoms with van der Waals surface area (Å²) in [6.45, 7) is 0.708. The van der Waals surface area contributed by atoms with Crippen LogP contribution in [0.2, 0.25) is 0 Å². The first-order chi connectivity index (χ1) is 13.2. The highest BCUT2D eigenvalue weighted by Gasteiger charge is 2.27. The number of nitrogens with two attached hydrogens (primary N) is 1. The topological polar surface area (TPSA) is 151 Å². The maximum atomic E-state index is 12.1. The molecule has 0 fully saturated rings. The van der Waals surface area contributed by atoms with Crippen LogP contribution in [0.15, 0.2) is 18.2 Å². The van der Waals surface area contributed by atoms with Crippen LogP contribution in [0.3, 0.4) is 0 Å². The summed E-state index contributed by atoms with van der Waals surface area (Å²) >= 11 is 0. The minimum absolute atomic E-state index is 0.0301. The van der Waals surface area contributed by atoms with Crippen LogP contribution in [0, 0.1) is 0 Å². The fourth-order valence-electron chi connectivity index (χ4n) is 2.66. The van der Waals surface area contributed by atoms with Crippen molar-refractivity contribution in [3.8, 4) is 5.75 Å². The lowest BCUT2D eigenvalue weighted by atomic mass is 9.79. The molecular weight excluding hydrogens is 391 g/mol. The number of hydrogen-bond donors (Lipinski definition) is 2. The molecule has 1 aliphatic rings. The largest absolute Gasteiger partial charge is 0.561 e. The van der Waals surface area contributed by atoms with Crippen LogP contribution in [0.25, 0.3) is 0 Å². The highest BCUT2D eigenvalue weighted by molar-refractivity contribution is 7.89. The van der Waals surface area contributed by atoms with E-state index in [4.69, 9.17) is 14.5 Å². The Morgan fingerprint density at radius 1 is 1.32 bits per heavy atom. The van der Waals surface area contributed by atoms with Crippen LogP contribution < -0.4 is 15.1 Å². The highest BCUT2D eigenvalue weighted by atomic mass is 32.2. The first-order valence-electron chi connectivity index (χ1n) is 8.50. The maximum Gasteiger partial charge on any atom is 0.363 e. The maximum absolute atomic E-state index is 12.1. The zero-order valence-electron chi connectivity index (χ0n) is 15.3. The monoisotopic (exact) mass is 412 g/mol. The van der Waals surface area contributed by atoms with Crippen molar-refractivity contribution in [2.75, 3.05) is 12.5 Å². The van der Waals surface area contributed by atoms with Gasteiger partial charge in [0.25, 0.3) is 0 Å². The van der Waals surface area contributed by atoms with Crippen molar-refractivity contribution in [1.29, 1.82) is 0 Å². The average Bonchev–Trinajstić information content (AvgIpc) is 2.59. The van der Waals surface area contributed by atoms with Gasteiger partial charge in [-0.2, -0.15) is 0 Å². The molecule has 3 N–H and O–H groups in total. The molecule has 0 aromatic heterocycles. The number of carbonyl (C=O) groups is 3. The molecule has 1 aromatic carbocycles. The van der Waals surface area contributed by atoms with E-state index in [-0.39, 0.29) is 43.5 Å². The molecule has 1 aromatic rings. The van der Waals surface area contributed by atoms with Gasteiger partial charge >= 0.3 is 19.4 Å². The standard InChI is InChI=1S/C16H21BN2O8S/c1-10(20)25-9-26-16(22)12-5-2-4-11-8-13(17-27-15(11)12)19-14(21)6-3-7-28(18,23)24/h2,4-5,13,17H,3,6-9H2,1H3,(H,19,21)(H2,18,23,24). The van der Waals surface area contributed by atoms with Crippen LogP contribution >= 0.6 is 0 Å². The molecular formula is C16H21BN2O8S. The number of fused-ring (bicyclic) bond motifs is 1. The van der Waals surface area contributed by atoms with Gasteiger partial charge in [0.1, 0.15) is 11.3 Å². The molecule has 0 spiro atoms. The van der Waals surface area contributed by atoms with E-state index in [0.717, 1.165) is 0 Å². The van der Waals surface area contributed by atoms with Gasteiger partial charge in [-0.05, 0) is 24.5 Å². The summed E-state index contributed by atoms with van der Waals surface area (Å²) in [5.74, 6) is -1.79. The third kappa shape index (κ3) is 6.85. The molecule has 1 unspecified atom stereocenters. The number of ether oxygens (including phenoxy) is 2. The Balaban J connectivity index is 1.92. The van der Waals surface area contributed by atoms with E-state index < -0.39 is 28.8 Å². The number of amides is 1. The molecule has 2 rings (SSSR count). The Morgan fingerprint density at radius 3 is 2.75 bits per heavy atom. The molecule has 10 nitrogen and oxygen atoms in total. The second kappa shape index (κ2) is 9.56. The van der Waals surface area contributed by atoms with E-state index in [0.29, 0.717) is 17.7 Å². The van der Waals surface area contributed by atoms with Crippen molar-refractivity contribution in [2.45, 2.75) is 32.1 Å². The predicted octanol–water partition coefficient (Wildman–Crippen LogP) is -0.839. The predicted molar refractivity (Wildman–Crippen MR) is 99.1 cm³/mol. The highest BCUT2D eigenvalue weighted by Crippen LogP contribution is 2.29. The fourth-order valence-corrected chi connectivity index (χ4v) is 3.20. The van der Waals surface area contributed by atoms with Gasteiger partial charge in [-0.25, -0.2) is 18.4 Å². The SMILES string of the molecule is CC(=O)OCOC(=O)c1cccc2c1OBC(NC(=O)CCCS(N)(=O)=O)C2. The number of esters is 2. The third-order valence-electron chi connectivity index (χ3n) is 3.86. The van der Waals surface area contributed by atoms with Gasteiger partial charge in [-0.15, -0.1) is 0 Å². The molecule has 1 amide bonds. The number of primary sulfonamides is 1. The van der Waals surface area contributed by atoms with Gasteiger partial charge < -0.3 is 19.4 Å². The molecule has 152 valence electrons. The lowest BCUT2D eigenvalue weighted by Gasteiger charge is -2.26. The minimum Gasteiger partial charge on any atom is -0.561 e. The number of nitrogens with one attached hydrogen (secondary N) is 1. The van der Waals surface area contributed by atoms with Crippen molar-refractivity contribution in [2.24, 2.45) is 5.14 Å². The summed E-state index contributed by atoms with van der Waals surface area (Å²) < 4.78 is 36.9. The van der Waals surface area contributed by atoms with Gasteiger partial charge in [0.15, 0.2) is 0 Å². The third-order valence-corrected chi connectivity index (χ3v) is 4.72. The van der Waals surface area contributed by atoms with Gasteiger partial charge in [0.2, 0.25) is 22.7 Å². The Labute approximate surface area is 163 Å². The fraction of sp³-hybridized carbons (Fsp3) is 0.438. The van der Waals surface area contributed by atoms with Crippen molar-refractivity contribution in [3.63, 3.8) is 0 Å². The van der Waals surface area contributed by atoms with Crippen molar-refractivity contribution >= 4 is 35.4 Å².